The van der Waals surface area contributed by atoms with Crippen molar-refractivity contribution in [3.63, 3.8) is 0 Å². The Balaban J connectivity index is 3.88. The van der Waals surface area contributed by atoms with Crippen molar-refractivity contribution >= 4 is 11.9 Å². The molecule has 0 heterocycles. The smallest absolute Gasteiger partial charge is 0.306 e. The molecule has 0 aliphatic rings. The molecule has 0 saturated heterocycles. The highest BCUT2D eigenvalue weighted by atomic mass is 16.5. The third kappa shape index (κ3) is 30.0. The lowest BCUT2D eigenvalue weighted by Gasteiger charge is -2.21. The number of unbranched alkanes of at least 4 members (excludes halogenated alkanes) is 18. The van der Waals surface area contributed by atoms with Gasteiger partial charge in [-0.3, -0.25) is 9.59 Å². The van der Waals surface area contributed by atoms with E-state index in [2.05, 4.69) is 25.7 Å². The largest absolute Gasteiger partial charge is 0.462 e. The molecule has 0 aliphatic heterocycles. The van der Waals surface area contributed by atoms with Crippen LogP contribution < -0.4 is 0 Å². The normalized spacial score (nSPS) is 12.1. The molecule has 1 N–H and O–H groups in total. The first-order valence-electron chi connectivity index (χ1n) is 19.7. The second-order valence-corrected chi connectivity index (χ2v) is 13.6. The predicted molar refractivity (Wildman–Crippen MR) is 193 cm³/mol. The summed E-state index contributed by atoms with van der Waals surface area (Å²) in [5, 5.41) is 9.51. The van der Waals surface area contributed by atoms with E-state index in [4.69, 9.17) is 4.74 Å². The number of carbonyl (C=O) groups excluding carboxylic acids is 2. The fourth-order valence-corrected chi connectivity index (χ4v) is 6.13. The van der Waals surface area contributed by atoms with E-state index in [0.29, 0.717) is 18.7 Å². The van der Waals surface area contributed by atoms with Crippen molar-refractivity contribution in [3.05, 3.63) is 0 Å². The van der Waals surface area contributed by atoms with E-state index in [1.165, 1.54) is 89.9 Å². The van der Waals surface area contributed by atoms with E-state index in [1.807, 2.05) is 11.9 Å². The molecule has 0 aliphatic carbocycles. The number of aliphatic hydroxyl groups is 1. The van der Waals surface area contributed by atoms with Crippen molar-refractivity contribution in [2.45, 2.75) is 200 Å². The fraction of sp³-hybridized carbons (Fsp3) is 0.949. The summed E-state index contributed by atoms with van der Waals surface area (Å²) in [6.45, 7) is 10.7. The predicted octanol–water partition coefficient (Wildman–Crippen LogP) is 10.2. The summed E-state index contributed by atoms with van der Waals surface area (Å²) in [5.41, 5.74) is 0. The molecular weight excluding hydrogens is 560 g/mol. The Morgan fingerprint density at radius 3 is 1.51 bits per heavy atom. The molecule has 0 aromatic heterocycles. The van der Waals surface area contributed by atoms with Gasteiger partial charge in [-0.05, 0) is 70.9 Å². The molecular formula is C39H78N2O4. The topological polar surface area (TPSA) is 70.1 Å². The highest BCUT2D eigenvalue weighted by Gasteiger charge is 2.14. The maximum atomic E-state index is 12.5. The Hall–Kier alpha value is -1.14. The number of carbonyl (C=O) groups is 2. The van der Waals surface area contributed by atoms with Gasteiger partial charge in [-0.2, -0.15) is 0 Å². The Morgan fingerprint density at radius 1 is 0.533 bits per heavy atom. The number of aliphatic hydroxyl groups excluding tert-OH is 1. The number of rotatable bonds is 35. The maximum absolute atomic E-state index is 12.5. The minimum absolute atomic E-state index is 0.00328. The molecule has 0 saturated carbocycles. The van der Waals surface area contributed by atoms with Gasteiger partial charge in [0, 0.05) is 33.0 Å². The van der Waals surface area contributed by atoms with Crippen molar-refractivity contribution in [1.29, 1.82) is 0 Å². The van der Waals surface area contributed by atoms with Crippen molar-refractivity contribution in [2.75, 3.05) is 39.8 Å². The molecule has 1 atom stereocenters. The number of hydrogen-bond acceptors (Lipinski definition) is 5. The SMILES string of the molecule is CCCCCCCCN(C)C(=O)CCCCCCCN(CCO)CCCCCCCC(=O)OC(CCCCC)CCCCCC. The van der Waals surface area contributed by atoms with Crippen molar-refractivity contribution in [2.24, 2.45) is 0 Å². The minimum Gasteiger partial charge on any atom is -0.462 e. The van der Waals surface area contributed by atoms with Gasteiger partial charge < -0.3 is 19.6 Å². The molecule has 0 spiro atoms. The average Bonchev–Trinajstić information content (AvgIpc) is 3.03. The standard InChI is InChI=1S/C39H78N2O4/c1-5-8-11-13-18-25-32-40(4)38(43)30-23-16-14-19-26-33-41(35-36-42)34-27-20-15-17-24-31-39(44)45-37(28-21-10-7-3)29-22-12-9-6-2/h37,42H,5-36H2,1-4H3. The van der Waals surface area contributed by atoms with Gasteiger partial charge in [0.25, 0.3) is 0 Å². The van der Waals surface area contributed by atoms with Crippen molar-refractivity contribution in [1.82, 2.24) is 9.80 Å². The molecule has 1 unspecified atom stereocenters. The van der Waals surface area contributed by atoms with E-state index in [9.17, 15) is 14.7 Å². The third-order valence-corrected chi connectivity index (χ3v) is 9.22. The molecule has 45 heavy (non-hydrogen) atoms. The monoisotopic (exact) mass is 639 g/mol. The average molecular weight is 639 g/mol. The van der Waals surface area contributed by atoms with Gasteiger partial charge in [-0.15, -0.1) is 0 Å². The zero-order valence-electron chi connectivity index (χ0n) is 30.8. The van der Waals surface area contributed by atoms with Crippen LogP contribution in [0.3, 0.4) is 0 Å². The Labute approximate surface area is 280 Å². The molecule has 0 aromatic carbocycles. The Bertz CT molecular complexity index is 645. The first-order valence-corrected chi connectivity index (χ1v) is 19.7. The van der Waals surface area contributed by atoms with E-state index >= 15 is 0 Å². The van der Waals surface area contributed by atoms with Crippen LogP contribution in [0, 0.1) is 0 Å². The minimum atomic E-state index is 0.00328. The summed E-state index contributed by atoms with van der Waals surface area (Å²) in [6, 6.07) is 0. The van der Waals surface area contributed by atoms with E-state index in [1.54, 1.807) is 0 Å². The zero-order chi connectivity index (χ0) is 33.2. The van der Waals surface area contributed by atoms with Gasteiger partial charge in [-0.1, -0.05) is 124 Å². The van der Waals surface area contributed by atoms with Crippen molar-refractivity contribution in [3.8, 4) is 0 Å². The number of ether oxygens (including phenoxy) is 1. The van der Waals surface area contributed by atoms with Gasteiger partial charge in [-0.25, -0.2) is 0 Å². The second kappa shape index (κ2) is 34.2. The summed E-state index contributed by atoms with van der Waals surface area (Å²) in [5.74, 6) is 0.306. The van der Waals surface area contributed by atoms with Crippen LogP contribution in [0.15, 0.2) is 0 Å². The van der Waals surface area contributed by atoms with Crippen LogP contribution in [0.5, 0.6) is 0 Å². The lowest BCUT2D eigenvalue weighted by Crippen LogP contribution is -2.29. The summed E-state index contributed by atoms with van der Waals surface area (Å²) in [4.78, 5) is 29.2. The second-order valence-electron chi connectivity index (χ2n) is 13.6. The molecule has 6 nitrogen and oxygen atoms in total. The highest BCUT2D eigenvalue weighted by molar-refractivity contribution is 5.75. The van der Waals surface area contributed by atoms with Gasteiger partial charge in [0.15, 0.2) is 0 Å². The summed E-state index contributed by atoms with van der Waals surface area (Å²) in [6.07, 6.45) is 30.7. The summed E-state index contributed by atoms with van der Waals surface area (Å²) in [7, 11) is 1.96. The number of nitrogens with zero attached hydrogens (tertiary/aromatic N) is 2. The van der Waals surface area contributed by atoms with Crippen LogP contribution in [0.25, 0.3) is 0 Å². The van der Waals surface area contributed by atoms with E-state index in [-0.39, 0.29) is 18.7 Å². The Kier molecular flexibility index (Phi) is 33.3. The van der Waals surface area contributed by atoms with Crippen molar-refractivity contribution < 1.29 is 19.4 Å². The van der Waals surface area contributed by atoms with E-state index < -0.39 is 0 Å². The molecule has 6 heteroatoms. The van der Waals surface area contributed by atoms with Crippen LogP contribution in [-0.2, 0) is 14.3 Å². The molecule has 0 fully saturated rings. The molecule has 0 rings (SSSR count). The molecule has 0 aromatic rings. The van der Waals surface area contributed by atoms with E-state index in [0.717, 1.165) is 96.8 Å². The molecule has 0 bridgehead atoms. The summed E-state index contributed by atoms with van der Waals surface area (Å²) >= 11 is 0. The van der Waals surface area contributed by atoms with Crippen LogP contribution in [-0.4, -0.2) is 72.7 Å². The first-order chi connectivity index (χ1) is 22.0. The zero-order valence-corrected chi connectivity index (χ0v) is 30.8. The molecule has 1 amide bonds. The first kappa shape index (κ1) is 43.9. The maximum Gasteiger partial charge on any atom is 0.306 e. The van der Waals surface area contributed by atoms with Crippen LogP contribution >= 0.6 is 0 Å². The van der Waals surface area contributed by atoms with Gasteiger partial charge in [0.05, 0.1) is 6.61 Å². The lowest BCUT2D eigenvalue weighted by atomic mass is 10.0. The quantitative estimate of drug-likeness (QED) is 0.0552. The van der Waals surface area contributed by atoms with Gasteiger partial charge in [0.1, 0.15) is 6.10 Å². The lowest BCUT2D eigenvalue weighted by molar-refractivity contribution is -0.150. The van der Waals surface area contributed by atoms with Crippen LogP contribution in [0.4, 0.5) is 0 Å². The fourth-order valence-electron chi connectivity index (χ4n) is 6.13. The number of esters is 1. The molecule has 268 valence electrons. The third-order valence-electron chi connectivity index (χ3n) is 9.22. The van der Waals surface area contributed by atoms with Gasteiger partial charge >= 0.3 is 5.97 Å². The Morgan fingerprint density at radius 2 is 0.956 bits per heavy atom. The van der Waals surface area contributed by atoms with Crippen LogP contribution in [0.1, 0.15) is 194 Å². The summed E-state index contributed by atoms with van der Waals surface area (Å²) < 4.78 is 5.89. The molecule has 0 radical (unpaired) electrons. The van der Waals surface area contributed by atoms with Crippen LogP contribution in [0.2, 0.25) is 0 Å². The number of hydrogen-bond donors (Lipinski definition) is 1. The highest BCUT2D eigenvalue weighted by Crippen LogP contribution is 2.17. The number of amides is 1. The van der Waals surface area contributed by atoms with Gasteiger partial charge in [0.2, 0.25) is 5.91 Å².